The van der Waals surface area contributed by atoms with E-state index >= 15 is 0 Å². The zero-order valence-corrected chi connectivity index (χ0v) is 11.4. The number of rotatable bonds is 5. The van der Waals surface area contributed by atoms with Crippen LogP contribution in [0.4, 0.5) is 0 Å². The highest BCUT2D eigenvalue weighted by atomic mass is 32.2. The van der Waals surface area contributed by atoms with Gasteiger partial charge in [0.15, 0.2) is 17.6 Å². The highest BCUT2D eigenvalue weighted by Crippen LogP contribution is 2.41. The van der Waals surface area contributed by atoms with Crippen LogP contribution in [0.25, 0.3) is 0 Å². The maximum absolute atomic E-state index is 11.4. The van der Waals surface area contributed by atoms with Crippen molar-refractivity contribution in [2.75, 3.05) is 13.2 Å². The highest BCUT2D eigenvalue weighted by molar-refractivity contribution is 7.94. The predicted molar refractivity (Wildman–Crippen MR) is 63.9 cm³/mol. The zero-order valence-electron chi connectivity index (χ0n) is 9.75. The van der Waals surface area contributed by atoms with Crippen molar-refractivity contribution < 1.29 is 42.2 Å². The van der Waals surface area contributed by atoms with Crippen LogP contribution in [0.5, 0.6) is 11.5 Å². The first-order chi connectivity index (χ1) is 9.45. The summed E-state index contributed by atoms with van der Waals surface area (Å²) < 4.78 is 46.6. The van der Waals surface area contributed by atoms with Gasteiger partial charge in [-0.3, -0.25) is 4.55 Å². The largest absolute Gasteiger partial charge is 0.486 e. The molecule has 1 aliphatic heterocycles. The summed E-state index contributed by atoms with van der Waals surface area (Å²) in [4.78, 5) is -0.367. The average Bonchev–Trinajstić information content (AvgIpc) is 2.42. The van der Waals surface area contributed by atoms with E-state index in [9.17, 15) is 13.0 Å². The fraction of sp³-hybridized carbons (Fsp3) is 0.333. The van der Waals surface area contributed by atoms with Crippen molar-refractivity contribution in [3.05, 3.63) is 12.1 Å². The molecule has 1 aliphatic rings. The summed E-state index contributed by atoms with van der Waals surface area (Å²) in [5.74, 6) is -0.152. The summed E-state index contributed by atoms with van der Waals surface area (Å²) in [7, 11) is -4.58. The number of hydrogen-bond acceptors (Lipinski definition) is 9. The summed E-state index contributed by atoms with van der Waals surface area (Å²) in [5.41, 5.74) is 0. The lowest BCUT2D eigenvalue weighted by molar-refractivity contribution is -0.432. The molecule has 1 heterocycles. The van der Waals surface area contributed by atoms with Gasteiger partial charge in [0.05, 0.1) is 18.6 Å². The van der Waals surface area contributed by atoms with Crippen molar-refractivity contribution in [2.24, 2.45) is 0 Å². The highest BCUT2D eigenvalue weighted by Gasteiger charge is 2.29. The van der Waals surface area contributed by atoms with Crippen molar-refractivity contribution in [2.45, 2.75) is 15.9 Å². The summed E-state index contributed by atoms with van der Waals surface area (Å²) >= 11 is 0.497. The van der Waals surface area contributed by atoms with Crippen LogP contribution < -0.4 is 9.47 Å². The molecule has 2 rings (SSSR count). The Morgan fingerprint density at radius 1 is 1.45 bits per heavy atom. The number of aliphatic hydroxyl groups excluding tert-OH is 1. The van der Waals surface area contributed by atoms with Gasteiger partial charge in [0.1, 0.15) is 11.5 Å². The van der Waals surface area contributed by atoms with E-state index in [2.05, 4.69) is 9.37 Å². The number of fused-ring (bicyclic) bond motifs is 1. The van der Waals surface area contributed by atoms with Gasteiger partial charge in [0, 0.05) is 11.0 Å². The Labute approximate surface area is 117 Å². The van der Waals surface area contributed by atoms with Crippen LogP contribution in [-0.4, -0.2) is 42.7 Å². The third-order valence-electron chi connectivity index (χ3n) is 2.35. The predicted octanol–water partition coefficient (Wildman–Crippen LogP) is 0.494. The van der Waals surface area contributed by atoms with E-state index in [4.69, 9.17) is 19.8 Å². The summed E-state index contributed by atoms with van der Waals surface area (Å²) in [5, 5.41) is 20.5. The first kappa shape index (κ1) is 15.3. The minimum absolute atomic E-state index is 0.0138. The maximum atomic E-state index is 11.4. The van der Waals surface area contributed by atoms with Crippen LogP contribution in [-0.2, 0) is 19.5 Å². The molecule has 112 valence electrons. The Bertz CT molecular complexity index is 585. The molecule has 0 bridgehead atoms. The molecule has 3 N–H and O–H groups in total. The van der Waals surface area contributed by atoms with Crippen molar-refractivity contribution >= 4 is 22.2 Å². The van der Waals surface area contributed by atoms with Crippen LogP contribution in [0.15, 0.2) is 21.9 Å². The van der Waals surface area contributed by atoms with Crippen LogP contribution in [0.1, 0.15) is 0 Å². The van der Waals surface area contributed by atoms with E-state index in [0.29, 0.717) is 12.0 Å². The summed E-state index contributed by atoms with van der Waals surface area (Å²) in [6, 6.07) is 2.41. The molecule has 1 aromatic carbocycles. The molecule has 11 heteroatoms. The summed E-state index contributed by atoms with van der Waals surface area (Å²) in [6.07, 6.45) is -0.737. The van der Waals surface area contributed by atoms with E-state index in [1.807, 2.05) is 0 Å². The molecule has 0 saturated carbocycles. The topological polar surface area (TPSA) is 132 Å². The van der Waals surface area contributed by atoms with Gasteiger partial charge in [-0.1, -0.05) is 5.04 Å². The molecule has 1 aromatic rings. The third kappa shape index (κ3) is 3.32. The van der Waals surface area contributed by atoms with Gasteiger partial charge < -0.3 is 14.6 Å². The van der Waals surface area contributed by atoms with Gasteiger partial charge in [-0.2, -0.15) is 8.42 Å². The normalized spacial score (nSPS) is 18.1. The van der Waals surface area contributed by atoms with Gasteiger partial charge in [-0.25, -0.2) is 5.26 Å². The quantitative estimate of drug-likeness (QED) is 0.304. The Morgan fingerprint density at radius 3 is 2.80 bits per heavy atom. The SMILES string of the molecule is O=S(=O)(O)c1cc(SOOO)cc2c1OC(CO)CO2. The lowest BCUT2D eigenvalue weighted by Crippen LogP contribution is -2.33. The second-order valence-corrected chi connectivity index (χ2v) is 5.85. The van der Waals surface area contributed by atoms with E-state index in [-0.39, 0.29) is 29.6 Å². The Hall–Kier alpha value is -1.08. The standard InChI is InChI=1S/C9H10O9S2/c10-3-5-4-15-7-1-6(19-18-17-11)2-8(9(7)16-5)20(12,13)14/h1-2,5,10-11H,3-4H2,(H,12,13,14). The van der Waals surface area contributed by atoms with Crippen molar-refractivity contribution in [3.8, 4) is 11.5 Å². The number of ether oxygens (including phenoxy) is 2. The first-order valence-corrected chi connectivity index (χ1v) is 7.34. The van der Waals surface area contributed by atoms with Crippen LogP contribution in [0, 0.1) is 0 Å². The van der Waals surface area contributed by atoms with E-state index in [1.54, 1.807) is 0 Å². The fourth-order valence-electron chi connectivity index (χ4n) is 1.54. The molecule has 20 heavy (non-hydrogen) atoms. The number of benzene rings is 1. The Morgan fingerprint density at radius 2 is 2.20 bits per heavy atom. The molecule has 0 spiro atoms. The lowest BCUT2D eigenvalue weighted by Gasteiger charge is -2.26. The van der Waals surface area contributed by atoms with Gasteiger partial charge in [0.25, 0.3) is 10.1 Å². The smallest absolute Gasteiger partial charge is 0.298 e. The van der Waals surface area contributed by atoms with E-state index in [1.165, 1.54) is 6.07 Å². The maximum Gasteiger partial charge on any atom is 0.298 e. The van der Waals surface area contributed by atoms with E-state index < -0.39 is 21.1 Å². The van der Waals surface area contributed by atoms with Gasteiger partial charge >= 0.3 is 0 Å². The monoisotopic (exact) mass is 326 g/mol. The third-order valence-corrected chi connectivity index (χ3v) is 3.76. The van der Waals surface area contributed by atoms with Crippen molar-refractivity contribution in [1.82, 2.24) is 0 Å². The molecular weight excluding hydrogens is 316 g/mol. The molecule has 1 atom stereocenters. The van der Waals surface area contributed by atoms with Gasteiger partial charge in [-0.15, -0.1) is 4.33 Å². The Balaban J connectivity index is 2.46. The fourth-order valence-corrected chi connectivity index (χ4v) is 2.71. The average molecular weight is 326 g/mol. The van der Waals surface area contributed by atoms with Crippen molar-refractivity contribution in [1.29, 1.82) is 0 Å². The second-order valence-electron chi connectivity index (χ2n) is 3.68. The van der Waals surface area contributed by atoms with Gasteiger partial charge in [-0.05, 0) is 6.07 Å². The number of aliphatic hydroxyl groups is 1. The van der Waals surface area contributed by atoms with Crippen molar-refractivity contribution in [3.63, 3.8) is 0 Å². The van der Waals surface area contributed by atoms with Gasteiger partial charge in [0.2, 0.25) is 0 Å². The molecular formula is C9H10O9S2. The first-order valence-electron chi connectivity index (χ1n) is 5.16. The molecule has 9 nitrogen and oxygen atoms in total. The summed E-state index contributed by atoms with van der Waals surface area (Å²) in [6.45, 7) is -0.359. The molecule has 0 fully saturated rings. The molecule has 0 saturated heterocycles. The lowest BCUT2D eigenvalue weighted by atomic mass is 10.2. The molecule has 1 unspecified atom stereocenters. The second kappa shape index (κ2) is 6.13. The molecule has 0 radical (unpaired) electrons. The number of hydrogen-bond donors (Lipinski definition) is 3. The van der Waals surface area contributed by atoms with E-state index in [0.717, 1.165) is 6.07 Å². The molecule has 0 aliphatic carbocycles. The van der Waals surface area contributed by atoms with Crippen LogP contribution >= 0.6 is 12.0 Å². The zero-order chi connectivity index (χ0) is 14.8. The minimum atomic E-state index is -4.58. The molecule has 0 amide bonds. The Kier molecular flexibility index (Phi) is 4.70. The minimum Gasteiger partial charge on any atom is -0.486 e. The van der Waals surface area contributed by atoms with Crippen LogP contribution in [0.3, 0.4) is 0 Å². The molecule has 0 aromatic heterocycles. The van der Waals surface area contributed by atoms with Crippen LogP contribution in [0.2, 0.25) is 0 Å².